The smallest absolute Gasteiger partial charge is 0.0568 e. The van der Waals surface area contributed by atoms with E-state index < -0.39 is 0 Å². The molecule has 0 nitrogen and oxygen atoms in total. The van der Waals surface area contributed by atoms with E-state index in [0.29, 0.717) is 9.74 Å². The molecule has 3 rings (SSSR count). The van der Waals surface area contributed by atoms with Crippen LogP contribution in [0, 0.1) is 5.41 Å². The zero-order valence-corrected chi connectivity index (χ0v) is 8.47. The van der Waals surface area contributed by atoms with Crippen molar-refractivity contribution in [3.63, 3.8) is 0 Å². The Morgan fingerprint density at radius 2 is 1.75 bits per heavy atom. The summed E-state index contributed by atoms with van der Waals surface area (Å²) in [5.74, 6) is 0. The summed E-state index contributed by atoms with van der Waals surface area (Å²) in [6.45, 7) is 0. The molecule has 1 spiro atoms. The van der Waals surface area contributed by atoms with Crippen LogP contribution in [0.15, 0.2) is 30.3 Å². The summed E-state index contributed by atoms with van der Waals surface area (Å²) in [6.07, 6.45) is 4.20. The third kappa shape index (κ3) is 0.731. The minimum atomic E-state index is 0.362. The van der Waals surface area contributed by atoms with Crippen molar-refractivity contribution in [2.45, 2.75) is 23.6 Å². The fraction of sp³-hybridized carbons (Fsp3) is 0.455. The lowest BCUT2D eigenvalue weighted by Gasteiger charge is -2.07. The van der Waals surface area contributed by atoms with E-state index in [2.05, 4.69) is 46.3 Å². The Labute approximate surface area is 81.1 Å². The molecule has 0 heterocycles. The second-order valence-electron chi connectivity index (χ2n) is 4.12. The van der Waals surface area contributed by atoms with Crippen LogP contribution in [0.3, 0.4) is 0 Å². The quantitative estimate of drug-likeness (QED) is 0.639. The van der Waals surface area contributed by atoms with Gasteiger partial charge in [-0.25, -0.2) is 0 Å². The SMILES string of the molecule is BrC1(c2ccccc2)CC12CC2. The molecule has 2 saturated carbocycles. The highest BCUT2D eigenvalue weighted by atomic mass is 79.9. The molecule has 0 amide bonds. The maximum absolute atomic E-state index is 3.88. The third-order valence-corrected chi connectivity index (χ3v) is 4.96. The zero-order valence-electron chi connectivity index (χ0n) is 6.89. The van der Waals surface area contributed by atoms with Gasteiger partial charge < -0.3 is 0 Å². The van der Waals surface area contributed by atoms with Crippen molar-refractivity contribution >= 4 is 15.9 Å². The molecule has 0 aliphatic heterocycles. The molecular formula is C11H11Br. The summed E-state index contributed by atoms with van der Waals surface area (Å²) >= 11 is 3.88. The van der Waals surface area contributed by atoms with Crippen LogP contribution < -0.4 is 0 Å². The van der Waals surface area contributed by atoms with E-state index in [-0.39, 0.29) is 0 Å². The Morgan fingerprint density at radius 1 is 1.08 bits per heavy atom. The summed E-state index contributed by atoms with van der Waals surface area (Å²) in [5, 5.41) is 0. The second-order valence-corrected chi connectivity index (χ2v) is 5.48. The first kappa shape index (κ1) is 7.14. The topological polar surface area (TPSA) is 0 Å². The van der Waals surface area contributed by atoms with E-state index in [9.17, 15) is 0 Å². The van der Waals surface area contributed by atoms with E-state index in [1.807, 2.05) is 0 Å². The molecule has 1 atom stereocenters. The number of rotatable bonds is 1. The lowest BCUT2D eigenvalue weighted by Crippen LogP contribution is -1.98. The van der Waals surface area contributed by atoms with Crippen LogP contribution >= 0.6 is 15.9 Å². The Morgan fingerprint density at radius 3 is 2.25 bits per heavy atom. The van der Waals surface area contributed by atoms with Crippen molar-refractivity contribution in [3.05, 3.63) is 35.9 Å². The first-order valence-electron chi connectivity index (χ1n) is 4.51. The van der Waals surface area contributed by atoms with Gasteiger partial charge in [0.1, 0.15) is 0 Å². The van der Waals surface area contributed by atoms with Gasteiger partial charge in [-0.3, -0.25) is 0 Å². The number of benzene rings is 1. The maximum atomic E-state index is 3.88. The van der Waals surface area contributed by atoms with Crippen molar-refractivity contribution in [1.29, 1.82) is 0 Å². The van der Waals surface area contributed by atoms with Gasteiger partial charge >= 0.3 is 0 Å². The second kappa shape index (κ2) is 1.95. The van der Waals surface area contributed by atoms with Crippen molar-refractivity contribution in [2.24, 2.45) is 5.41 Å². The maximum Gasteiger partial charge on any atom is 0.0568 e. The Balaban J connectivity index is 2.01. The van der Waals surface area contributed by atoms with Gasteiger partial charge in [-0.15, -0.1) is 0 Å². The predicted octanol–water partition coefficient (Wildman–Crippen LogP) is 3.46. The molecule has 1 aromatic rings. The lowest BCUT2D eigenvalue weighted by atomic mass is 10.1. The summed E-state index contributed by atoms with van der Waals surface area (Å²) in [4.78, 5) is 0. The normalized spacial score (nSPS) is 35.1. The summed E-state index contributed by atoms with van der Waals surface area (Å²) in [6, 6.07) is 10.8. The zero-order chi connectivity index (χ0) is 8.23. The van der Waals surface area contributed by atoms with E-state index >= 15 is 0 Å². The average Bonchev–Trinajstić information content (AvgIpc) is 2.97. The van der Waals surface area contributed by atoms with Crippen LogP contribution in [0.5, 0.6) is 0 Å². The van der Waals surface area contributed by atoms with Crippen LogP contribution in [0.2, 0.25) is 0 Å². The molecule has 1 aromatic carbocycles. The molecule has 0 radical (unpaired) electrons. The van der Waals surface area contributed by atoms with Gasteiger partial charge in [0.25, 0.3) is 0 Å². The molecule has 2 aliphatic rings. The molecule has 1 unspecified atom stereocenters. The van der Waals surface area contributed by atoms with Crippen LogP contribution in [-0.4, -0.2) is 0 Å². The van der Waals surface area contributed by atoms with Crippen molar-refractivity contribution in [1.82, 2.24) is 0 Å². The molecule has 2 fully saturated rings. The highest BCUT2D eigenvalue weighted by Crippen LogP contribution is 2.81. The van der Waals surface area contributed by atoms with E-state index in [0.717, 1.165) is 0 Å². The summed E-state index contributed by atoms with van der Waals surface area (Å²) in [7, 11) is 0. The van der Waals surface area contributed by atoms with E-state index in [4.69, 9.17) is 0 Å². The van der Waals surface area contributed by atoms with Gasteiger partial charge in [0.2, 0.25) is 0 Å². The Bertz CT molecular complexity index is 313. The largest absolute Gasteiger partial charge is 0.0795 e. The molecular weight excluding hydrogens is 212 g/mol. The molecule has 2 aliphatic carbocycles. The van der Waals surface area contributed by atoms with Gasteiger partial charge in [0.05, 0.1) is 4.32 Å². The number of hydrogen-bond acceptors (Lipinski definition) is 0. The predicted molar refractivity (Wildman–Crippen MR) is 53.3 cm³/mol. The monoisotopic (exact) mass is 222 g/mol. The number of alkyl halides is 1. The summed E-state index contributed by atoms with van der Waals surface area (Å²) in [5.41, 5.74) is 2.15. The fourth-order valence-electron chi connectivity index (χ4n) is 2.26. The van der Waals surface area contributed by atoms with Gasteiger partial charge in [0.15, 0.2) is 0 Å². The van der Waals surface area contributed by atoms with Gasteiger partial charge in [-0.2, -0.15) is 0 Å². The van der Waals surface area contributed by atoms with Crippen molar-refractivity contribution in [3.8, 4) is 0 Å². The third-order valence-electron chi connectivity index (χ3n) is 3.38. The molecule has 12 heavy (non-hydrogen) atoms. The summed E-state index contributed by atoms with van der Waals surface area (Å²) < 4.78 is 0.362. The molecule has 62 valence electrons. The molecule has 1 heteroatoms. The van der Waals surface area contributed by atoms with Crippen molar-refractivity contribution in [2.75, 3.05) is 0 Å². The standard InChI is InChI=1S/C11H11Br/c12-11(8-10(11)6-7-10)9-4-2-1-3-5-9/h1-5H,6-8H2. The van der Waals surface area contributed by atoms with Crippen LogP contribution in [0.1, 0.15) is 24.8 Å². The van der Waals surface area contributed by atoms with Gasteiger partial charge in [-0.1, -0.05) is 46.3 Å². The van der Waals surface area contributed by atoms with Crippen LogP contribution in [0.25, 0.3) is 0 Å². The Kier molecular flexibility index (Phi) is 1.16. The fourth-order valence-corrected chi connectivity index (χ4v) is 3.45. The molecule has 0 bridgehead atoms. The average molecular weight is 223 g/mol. The molecule has 0 saturated heterocycles. The number of halogens is 1. The van der Waals surface area contributed by atoms with E-state index in [1.165, 1.54) is 24.8 Å². The minimum Gasteiger partial charge on any atom is -0.0795 e. The highest BCUT2D eigenvalue weighted by Gasteiger charge is 2.73. The molecule has 0 aromatic heterocycles. The van der Waals surface area contributed by atoms with Crippen molar-refractivity contribution < 1.29 is 0 Å². The lowest BCUT2D eigenvalue weighted by molar-refractivity contribution is 0.810. The first-order valence-corrected chi connectivity index (χ1v) is 5.31. The van der Waals surface area contributed by atoms with Gasteiger partial charge in [0, 0.05) is 0 Å². The van der Waals surface area contributed by atoms with Gasteiger partial charge in [-0.05, 0) is 30.2 Å². The Hall–Kier alpha value is -0.300. The molecule has 0 N–H and O–H groups in total. The van der Waals surface area contributed by atoms with Crippen LogP contribution in [0.4, 0.5) is 0 Å². The number of hydrogen-bond donors (Lipinski definition) is 0. The highest BCUT2D eigenvalue weighted by molar-refractivity contribution is 9.09. The van der Waals surface area contributed by atoms with E-state index in [1.54, 1.807) is 0 Å². The first-order chi connectivity index (χ1) is 5.77. The van der Waals surface area contributed by atoms with Crippen LogP contribution in [-0.2, 0) is 4.32 Å². The minimum absolute atomic E-state index is 0.362.